The first-order valence-corrected chi connectivity index (χ1v) is 4.13. The Morgan fingerprint density at radius 2 is 2.71 bits per heavy atom. The van der Waals surface area contributed by atoms with Gasteiger partial charge >= 0.3 is 6.09 Å². The average molecular weight is 196 g/mol. The van der Waals surface area contributed by atoms with Gasteiger partial charge in [0.05, 0.1) is 6.04 Å². The van der Waals surface area contributed by atoms with Crippen LogP contribution in [-0.2, 0) is 4.74 Å². The predicted molar refractivity (Wildman–Crippen MR) is 49.5 cm³/mol. The summed E-state index contributed by atoms with van der Waals surface area (Å²) < 4.78 is 4.73. The van der Waals surface area contributed by atoms with E-state index in [1.165, 1.54) is 12.4 Å². The number of carbonyl (C=O) groups excluding carboxylic acids is 1. The van der Waals surface area contributed by atoms with Crippen LogP contribution in [0.5, 0.6) is 0 Å². The lowest BCUT2D eigenvalue weighted by molar-refractivity contribution is 0.154. The summed E-state index contributed by atoms with van der Waals surface area (Å²) in [7, 11) is 0. The second-order valence-electron chi connectivity index (χ2n) is 2.62. The van der Waals surface area contributed by atoms with E-state index in [0.29, 0.717) is 5.82 Å². The molecule has 76 valence electrons. The van der Waals surface area contributed by atoms with Crippen LogP contribution < -0.4 is 5.32 Å². The maximum atomic E-state index is 11.1. The van der Waals surface area contributed by atoms with Crippen molar-refractivity contribution in [3.05, 3.63) is 24.8 Å². The fraction of sp³-hybridized carbons (Fsp3) is 0.375. The van der Waals surface area contributed by atoms with Gasteiger partial charge in [0.1, 0.15) is 18.8 Å². The summed E-state index contributed by atoms with van der Waals surface area (Å²) in [5, 5.41) is 8.89. The van der Waals surface area contributed by atoms with Crippen LogP contribution in [0.15, 0.2) is 19.0 Å². The Hall–Kier alpha value is -1.85. The highest BCUT2D eigenvalue weighted by Crippen LogP contribution is 2.03. The van der Waals surface area contributed by atoms with Crippen LogP contribution in [0.1, 0.15) is 18.8 Å². The Bertz CT molecular complexity index is 296. The van der Waals surface area contributed by atoms with Crippen molar-refractivity contribution in [1.29, 1.82) is 0 Å². The summed E-state index contributed by atoms with van der Waals surface area (Å²) in [5.41, 5.74) is 0. The fourth-order valence-electron chi connectivity index (χ4n) is 0.845. The number of alkyl carbamates (subject to hydrolysis) is 1. The van der Waals surface area contributed by atoms with E-state index < -0.39 is 6.09 Å². The quantitative estimate of drug-likeness (QED) is 0.697. The van der Waals surface area contributed by atoms with E-state index in [1.54, 1.807) is 6.92 Å². The lowest BCUT2D eigenvalue weighted by atomic mass is 10.3. The first kappa shape index (κ1) is 10.2. The van der Waals surface area contributed by atoms with Gasteiger partial charge in [-0.15, -0.1) is 0 Å². The standard InChI is InChI=1S/C8H12N4O2/c1-3-4-14-8(13)11-6(2)7-9-5-10-12-7/h3,5-6H,1,4H2,2H3,(H,11,13)(H,9,10,12). The Morgan fingerprint density at radius 1 is 1.93 bits per heavy atom. The average Bonchev–Trinajstić information content (AvgIpc) is 2.67. The van der Waals surface area contributed by atoms with E-state index in [-0.39, 0.29) is 12.6 Å². The van der Waals surface area contributed by atoms with E-state index in [9.17, 15) is 4.79 Å². The molecule has 0 aliphatic heterocycles. The second-order valence-corrected chi connectivity index (χ2v) is 2.62. The third-order valence-electron chi connectivity index (χ3n) is 1.51. The molecule has 6 heteroatoms. The van der Waals surface area contributed by atoms with Gasteiger partial charge in [-0.05, 0) is 6.92 Å². The summed E-state index contributed by atoms with van der Waals surface area (Å²) in [6, 6.07) is -0.255. The van der Waals surface area contributed by atoms with Gasteiger partial charge in [0.2, 0.25) is 0 Å². The number of hydrogen-bond acceptors (Lipinski definition) is 4. The molecule has 6 nitrogen and oxygen atoms in total. The molecule has 1 aromatic rings. The van der Waals surface area contributed by atoms with Gasteiger partial charge < -0.3 is 10.1 Å². The van der Waals surface area contributed by atoms with E-state index >= 15 is 0 Å². The van der Waals surface area contributed by atoms with Gasteiger partial charge in [0.25, 0.3) is 0 Å². The number of carbonyl (C=O) groups is 1. The normalized spacial score (nSPS) is 11.8. The number of rotatable bonds is 4. The topological polar surface area (TPSA) is 79.9 Å². The van der Waals surface area contributed by atoms with Crippen molar-refractivity contribution in [2.45, 2.75) is 13.0 Å². The molecule has 0 aromatic carbocycles. The highest BCUT2D eigenvalue weighted by atomic mass is 16.5. The molecule has 14 heavy (non-hydrogen) atoms. The molecular formula is C8H12N4O2. The molecular weight excluding hydrogens is 184 g/mol. The minimum absolute atomic E-state index is 0.189. The number of H-pyrrole nitrogens is 1. The summed E-state index contributed by atoms with van der Waals surface area (Å²) in [6.45, 7) is 5.39. The van der Waals surface area contributed by atoms with Crippen LogP contribution in [0.3, 0.4) is 0 Å². The van der Waals surface area contributed by atoms with E-state index in [4.69, 9.17) is 4.74 Å². The van der Waals surface area contributed by atoms with Crippen molar-refractivity contribution in [1.82, 2.24) is 20.5 Å². The van der Waals surface area contributed by atoms with Crippen molar-refractivity contribution < 1.29 is 9.53 Å². The zero-order valence-corrected chi connectivity index (χ0v) is 7.86. The first-order valence-electron chi connectivity index (χ1n) is 4.13. The van der Waals surface area contributed by atoms with Gasteiger partial charge in [-0.3, -0.25) is 5.10 Å². The molecule has 1 unspecified atom stereocenters. The molecule has 0 radical (unpaired) electrons. The second kappa shape index (κ2) is 5.00. The molecule has 1 atom stereocenters. The number of nitrogens with one attached hydrogen (secondary N) is 2. The highest BCUT2D eigenvalue weighted by molar-refractivity contribution is 5.67. The van der Waals surface area contributed by atoms with Crippen LogP contribution in [0.25, 0.3) is 0 Å². The maximum Gasteiger partial charge on any atom is 0.408 e. The summed E-state index contributed by atoms with van der Waals surface area (Å²) in [4.78, 5) is 15.0. The minimum Gasteiger partial charge on any atom is -0.445 e. The molecule has 1 aromatic heterocycles. The SMILES string of the molecule is C=CCOC(=O)NC(C)c1ncn[nH]1. The lowest BCUT2D eigenvalue weighted by Gasteiger charge is -2.10. The Labute approximate surface area is 81.4 Å². The number of amides is 1. The molecule has 0 aliphatic rings. The van der Waals surface area contributed by atoms with Crippen LogP contribution in [0, 0.1) is 0 Å². The fourth-order valence-corrected chi connectivity index (χ4v) is 0.845. The number of nitrogens with zero attached hydrogens (tertiary/aromatic N) is 2. The molecule has 0 spiro atoms. The predicted octanol–water partition coefficient (Wildman–Crippen LogP) is 0.778. The molecule has 1 amide bonds. The third-order valence-corrected chi connectivity index (χ3v) is 1.51. The van der Waals surface area contributed by atoms with Crippen LogP contribution in [-0.4, -0.2) is 27.9 Å². The van der Waals surface area contributed by atoms with Crippen molar-refractivity contribution in [3.63, 3.8) is 0 Å². The third kappa shape index (κ3) is 2.89. The van der Waals surface area contributed by atoms with Gasteiger partial charge in [-0.1, -0.05) is 12.7 Å². The minimum atomic E-state index is -0.506. The number of aromatic amines is 1. The Kier molecular flexibility index (Phi) is 3.66. The van der Waals surface area contributed by atoms with E-state index in [0.717, 1.165) is 0 Å². The smallest absolute Gasteiger partial charge is 0.408 e. The molecule has 0 bridgehead atoms. The van der Waals surface area contributed by atoms with Gasteiger partial charge in [-0.25, -0.2) is 9.78 Å². The number of ether oxygens (including phenoxy) is 1. The van der Waals surface area contributed by atoms with E-state index in [1.807, 2.05) is 0 Å². The van der Waals surface area contributed by atoms with Crippen LogP contribution in [0.4, 0.5) is 4.79 Å². The first-order chi connectivity index (χ1) is 6.74. The summed E-state index contributed by atoms with van der Waals surface area (Å²) in [5.74, 6) is 0.584. The Balaban J connectivity index is 2.37. The lowest BCUT2D eigenvalue weighted by Crippen LogP contribution is -2.28. The van der Waals surface area contributed by atoms with Crippen molar-refractivity contribution >= 4 is 6.09 Å². The number of aromatic nitrogens is 3. The van der Waals surface area contributed by atoms with Crippen LogP contribution in [0.2, 0.25) is 0 Å². The largest absolute Gasteiger partial charge is 0.445 e. The number of hydrogen-bond donors (Lipinski definition) is 2. The van der Waals surface area contributed by atoms with Gasteiger partial charge in [0, 0.05) is 0 Å². The van der Waals surface area contributed by atoms with Crippen molar-refractivity contribution in [2.75, 3.05) is 6.61 Å². The molecule has 0 fully saturated rings. The summed E-state index contributed by atoms with van der Waals surface area (Å²) in [6.07, 6.45) is 2.37. The monoisotopic (exact) mass is 196 g/mol. The highest BCUT2D eigenvalue weighted by Gasteiger charge is 2.11. The zero-order valence-electron chi connectivity index (χ0n) is 7.86. The molecule has 1 rings (SSSR count). The summed E-state index contributed by atoms with van der Waals surface area (Å²) >= 11 is 0. The van der Waals surface area contributed by atoms with Crippen LogP contribution >= 0.6 is 0 Å². The zero-order chi connectivity index (χ0) is 10.4. The van der Waals surface area contributed by atoms with Gasteiger partial charge in [-0.2, -0.15) is 5.10 Å². The molecule has 0 saturated carbocycles. The maximum absolute atomic E-state index is 11.1. The molecule has 2 N–H and O–H groups in total. The van der Waals surface area contributed by atoms with Crippen molar-refractivity contribution in [2.24, 2.45) is 0 Å². The molecule has 1 heterocycles. The van der Waals surface area contributed by atoms with Crippen molar-refractivity contribution in [3.8, 4) is 0 Å². The van der Waals surface area contributed by atoms with Gasteiger partial charge in [0.15, 0.2) is 0 Å². The van der Waals surface area contributed by atoms with E-state index in [2.05, 4.69) is 27.1 Å². The Morgan fingerprint density at radius 3 is 3.29 bits per heavy atom. The molecule has 0 saturated heterocycles. The molecule has 0 aliphatic carbocycles.